The van der Waals surface area contributed by atoms with E-state index in [2.05, 4.69) is 15.0 Å². The van der Waals surface area contributed by atoms with Crippen molar-refractivity contribution in [2.24, 2.45) is 0 Å². The quantitative estimate of drug-likeness (QED) is 0.509. The topological polar surface area (TPSA) is 38.7 Å². The van der Waals surface area contributed by atoms with Crippen LogP contribution >= 0.6 is 0 Å². The molecule has 0 aliphatic heterocycles. The minimum Gasteiger partial charge on any atom is -0.243 e. The Hall–Kier alpha value is -2.97. The number of hydrogen-bond donors (Lipinski definition) is 0. The zero-order valence-corrected chi connectivity index (χ0v) is 14.7. The number of pyridine rings is 1. The molecule has 0 saturated carbocycles. The molecule has 0 bridgehead atoms. The summed E-state index contributed by atoms with van der Waals surface area (Å²) in [5.74, 6) is -1.29. The lowest BCUT2D eigenvalue weighted by atomic mass is 10.0. The van der Waals surface area contributed by atoms with Crippen LogP contribution in [0.1, 0.15) is 22.6 Å². The molecule has 0 radical (unpaired) electrons. The first kappa shape index (κ1) is 19.8. The largest absolute Gasteiger partial charge is 0.451 e. The highest BCUT2D eigenvalue weighted by molar-refractivity contribution is 5.72. The summed E-state index contributed by atoms with van der Waals surface area (Å²) >= 11 is 0. The minimum absolute atomic E-state index is 0.0498. The fourth-order valence-corrected chi connectivity index (χ4v) is 2.66. The number of aromatic nitrogens is 3. The van der Waals surface area contributed by atoms with Crippen LogP contribution in [0.3, 0.4) is 0 Å². The van der Waals surface area contributed by atoms with Gasteiger partial charge < -0.3 is 0 Å². The highest BCUT2D eigenvalue weighted by Crippen LogP contribution is 2.33. The molecule has 0 aliphatic carbocycles. The summed E-state index contributed by atoms with van der Waals surface area (Å²) in [5, 5.41) is 0. The molecule has 9 heteroatoms. The summed E-state index contributed by atoms with van der Waals surface area (Å²) < 4.78 is 77.7. The first-order valence-corrected chi connectivity index (χ1v) is 8.03. The number of rotatable bonds is 2. The van der Waals surface area contributed by atoms with Crippen LogP contribution in [0.2, 0.25) is 0 Å². The van der Waals surface area contributed by atoms with Crippen LogP contribution in [0.15, 0.2) is 42.6 Å². The van der Waals surface area contributed by atoms with E-state index < -0.39 is 23.9 Å². The zero-order valence-electron chi connectivity index (χ0n) is 14.7. The van der Waals surface area contributed by atoms with Crippen molar-refractivity contribution < 1.29 is 26.3 Å². The lowest BCUT2D eigenvalue weighted by molar-refractivity contribution is -0.145. The smallest absolute Gasteiger partial charge is 0.243 e. The highest BCUT2D eigenvalue weighted by atomic mass is 19.4. The average molecular weight is 397 g/mol. The normalized spacial score (nSPS) is 12.3. The molecule has 28 heavy (non-hydrogen) atoms. The van der Waals surface area contributed by atoms with Gasteiger partial charge in [-0.15, -0.1) is 0 Å². The molecule has 146 valence electrons. The van der Waals surface area contributed by atoms with Crippen molar-refractivity contribution in [1.82, 2.24) is 15.0 Å². The van der Waals surface area contributed by atoms with Crippen LogP contribution in [0, 0.1) is 13.8 Å². The maximum Gasteiger partial charge on any atom is 0.451 e. The summed E-state index contributed by atoms with van der Waals surface area (Å²) in [6, 6.07) is 8.25. The van der Waals surface area contributed by atoms with Crippen LogP contribution in [0.25, 0.3) is 22.5 Å². The maximum atomic E-state index is 13.0. The van der Waals surface area contributed by atoms with E-state index in [1.165, 1.54) is 24.3 Å². The van der Waals surface area contributed by atoms with Gasteiger partial charge in [0.15, 0.2) is 0 Å². The van der Waals surface area contributed by atoms with E-state index >= 15 is 0 Å². The Morgan fingerprint density at radius 3 is 1.89 bits per heavy atom. The zero-order chi connectivity index (χ0) is 20.7. The van der Waals surface area contributed by atoms with Gasteiger partial charge in [-0.25, -0.2) is 15.0 Å². The number of benzene rings is 1. The van der Waals surface area contributed by atoms with Crippen molar-refractivity contribution in [3.8, 4) is 22.5 Å². The van der Waals surface area contributed by atoms with Crippen LogP contribution in [0.4, 0.5) is 26.3 Å². The molecule has 3 rings (SSSR count). The van der Waals surface area contributed by atoms with Gasteiger partial charge in [-0.1, -0.05) is 24.3 Å². The molecule has 0 N–H and O–H groups in total. The van der Waals surface area contributed by atoms with Gasteiger partial charge in [0.1, 0.15) is 5.69 Å². The van der Waals surface area contributed by atoms with Crippen molar-refractivity contribution in [2.45, 2.75) is 26.2 Å². The Morgan fingerprint density at radius 1 is 0.714 bits per heavy atom. The number of alkyl halides is 6. The van der Waals surface area contributed by atoms with Gasteiger partial charge in [0.2, 0.25) is 5.82 Å². The Bertz CT molecular complexity index is 946. The molecule has 0 spiro atoms. The molecule has 0 fully saturated rings. The van der Waals surface area contributed by atoms with Crippen molar-refractivity contribution >= 4 is 0 Å². The third-order valence-electron chi connectivity index (χ3n) is 4.02. The average Bonchev–Trinajstić information content (AvgIpc) is 2.60. The lowest BCUT2D eigenvalue weighted by Gasteiger charge is -2.13. The standard InChI is InChI=1S/C19H13F6N3/c1-10-6-7-14(18(20,21)22)27-15(10)12-4-3-5-13(8-12)16-11(2)9-26-17(28-16)19(23,24)25/h3-9H,1-2H3. The molecular formula is C19H13F6N3. The SMILES string of the molecule is Cc1ccc(C(F)(F)F)nc1-c1cccc(-c2nc(C(F)(F)F)ncc2C)c1. The minimum atomic E-state index is -4.71. The fraction of sp³-hybridized carbons (Fsp3) is 0.211. The molecule has 0 saturated heterocycles. The van der Waals surface area contributed by atoms with Crippen molar-refractivity contribution in [3.63, 3.8) is 0 Å². The van der Waals surface area contributed by atoms with E-state index in [1.807, 2.05) is 0 Å². The lowest BCUT2D eigenvalue weighted by Crippen LogP contribution is -2.12. The Labute approximate surface area is 156 Å². The second-order valence-corrected chi connectivity index (χ2v) is 6.16. The van der Waals surface area contributed by atoms with Gasteiger partial charge in [-0.05, 0) is 37.1 Å². The molecule has 3 aromatic rings. The second-order valence-electron chi connectivity index (χ2n) is 6.16. The van der Waals surface area contributed by atoms with E-state index in [0.29, 0.717) is 22.3 Å². The second kappa shape index (κ2) is 6.88. The van der Waals surface area contributed by atoms with Gasteiger partial charge in [-0.3, -0.25) is 0 Å². The van der Waals surface area contributed by atoms with Crippen LogP contribution in [-0.2, 0) is 12.4 Å². The highest BCUT2D eigenvalue weighted by Gasteiger charge is 2.35. The first-order valence-electron chi connectivity index (χ1n) is 8.03. The monoisotopic (exact) mass is 397 g/mol. The van der Waals surface area contributed by atoms with Crippen LogP contribution < -0.4 is 0 Å². The molecule has 1 aromatic carbocycles. The van der Waals surface area contributed by atoms with Crippen molar-refractivity contribution in [2.75, 3.05) is 0 Å². The van der Waals surface area contributed by atoms with E-state index in [1.54, 1.807) is 19.9 Å². The predicted molar refractivity (Wildman–Crippen MR) is 90.2 cm³/mol. The summed E-state index contributed by atoms with van der Waals surface area (Å²) in [4.78, 5) is 10.6. The van der Waals surface area contributed by atoms with Crippen LogP contribution in [0.5, 0.6) is 0 Å². The number of hydrogen-bond acceptors (Lipinski definition) is 3. The first-order chi connectivity index (χ1) is 13.0. The van der Waals surface area contributed by atoms with Gasteiger partial charge in [-0.2, -0.15) is 26.3 Å². The molecule has 2 heterocycles. The predicted octanol–water partition coefficient (Wildman–Crippen LogP) is 5.86. The Balaban J connectivity index is 2.13. The molecule has 0 amide bonds. The van der Waals surface area contributed by atoms with Gasteiger partial charge in [0, 0.05) is 17.3 Å². The van der Waals surface area contributed by atoms with Gasteiger partial charge >= 0.3 is 12.4 Å². The summed E-state index contributed by atoms with van der Waals surface area (Å²) in [5.41, 5.74) is 0.665. The fourth-order valence-electron chi connectivity index (χ4n) is 2.66. The van der Waals surface area contributed by atoms with E-state index in [4.69, 9.17) is 0 Å². The summed E-state index contributed by atoms with van der Waals surface area (Å²) in [7, 11) is 0. The molecule has 0 aliphatic rings. The molecule has 3 nitrogen and oxygen atoms in total. The number of aryl methyl sites for hydroxylation is 2. The Morgan fingerprint density at radius 2 is 1.32 bits per heavy atom. The molecule has 0 unspecified atom stereocenters. The maximum absolute atomic E-state index is 13.0. The van der Waals surface area contributed by atoms with Crippen molar-refractivity contribution in [1.29, 1.82) is 0 Å². The number of halogens is 6. The summed E-state index contributed by atoms with van der Waals surface area (Å²) in [6.07, 6.45) is -8.25. The third-order valence-corrected chi connectivity index (χ3v) is 4.02. The van der Waals surface area contributed by atoms with E-state index in [9.17, 15) is 26.3 Å². The molecule has 0 atom stereocenters. The molecule has 2 aromatic heterocycles. The van der Waals surface area contributed by atoms with Crippen LogP contribution in [-0.4, -0.2) is 15.0 Å². The van der Waals surface area contributed by atoms with E-state index in [0.717, 1.165) is 12.3 Å². The Kier molecular flexibility index (Phi) is 4.86. The van der Waals surface area contributed by atoms with Crippen molar-refractivity contribution in [3.05, 3.63) is 65.2 Å². The number of nitrogens with zero attached hydrogens (tertiary/aromatic N) is 3. The third kappa shape index (κ3) is 3.97. The van der Waals surface area contributed by atoms with Gasteiger partial charge in [0.05, 0.1) is 11.4 Å². The van der Waals surface area contributed by atoms with Gasteiger partial charge in [0.25, 0.3) is 0 Å². The van der Waals surface area contributed by atoms with E-state index in [-0.39, 0.29) is 11.4 Å². The summed E-state index contributed by atoms with van der Waals surface area (Å²) in [6.45, 7) is 3.16. The molecular weight excluding hydrogens is 384 g/mol.